The van der Waals surface area contributed by atoms with Crippen molar-refractivity contribution in [1.29, 1.82) is 5.26 Å². The van der Waals surface area contributed by atoms with Gasteiger partial charge in [-0.3, -0.25) is 0 Å². The minimum absolute atomic E-state index is 0.314. The van der Waals surface area contributed by atoms with Crippen LogP contribution in [0.4, 0.5) is 0 Å². The Morgan fingerprint density at radius 3 is 2.78 bits per heavy atom. The fourth-order valence-corrected chi connectivity index (χ4v) is 4.01. The highest BCUT2D eigenvalue weighted by atomic mass is 79.9. The van der Waals surface area contributed by atoms with Crippen LogP contribution in [0.1, 0.15) is 25.7 Å². The molecule has 18 heavy (non-hydrogen) atoms. The molecule has 2 nitrogen and oxygen atoms in total. The van der Waals surface area contributed by atoms with Crippen molar-refractivity contribution >= 4 is 27.7 Å². The van der Waals surface area contributed by atoms with Gasteiger partial charge < -0.3 is 5.32 Å². The second-order valence-electron chi connectivity index (χ2n) is 4.73. The van der Waals surface area contributed by atoms with E-state index in [0.717, 1.165) is 23.7 Å². The Hall–Kier alpha value is -0.500. The summed E-state index contributed by atoms with van der Waals surface area (Å²) in [5, 5.41) is 13.1. The van der Waals surface area contributed by atoms with Crippen LogP contribution in [0.5, 0.6) is 0 Å². The lowest BCUT2D eigenvalue weighted by Crippen LogP contribution is -2.46. The van der Waals surface area contributed by atoms with Gasteiger partial charge in [0.2, 0.25) is 0 Å². The van der Waals surface area contributed by atoms with Crippen molar-refractivity contribution in [2.45, 2.75) is 41.4 Å². The minimum Gasteiger partial charge on any atom is -0.302 e. The summed E-state index contributed by atoms with van der Waals surface area (Å²) >= 11 is 5.34. The third-order valence-electron chi connectivity index (χ3n) is 3.51. The number of nitrogens with one attached hydrogen (secondary N) is 1. The van der Waals surface area contributed by atoms with Gasteiger partial charge in [-0.05, 0) is 57.0 Å². The molecule has 1 fully saturated rings. The molecule has 0 bridgehead atoms. The Labute approximate surface area is 121 Å². The molecule has 0 aliphatic heterocycles. The number of hydrogen-bond acceptors (Lipinski definition) is 3. The summed E-state index contributed by atoms with van der Waals surface area (Å²) in [7, 11) is 1.90. The highest BCUT2D eigenvalue weighted by Crippen LogP contribution is 2.38. The van der Waals surface area contributed by atoms with Gasteiger partial charge in [0.05, 0.1) is 6.07 Å². The molecule has 2 unspecified atom stereocenters. The summed E-state index contributed by atoms with van der Waals surface area (Å²) in [6.07, 6.45) is 4.23. The van der Waals surface area contributed by atoms with Crippen LogP contribution in [0.2, 0.25) is 0 Å². The topological polar surface area (TPSA) is 35.8 Å². The molecule has 0 spiro atoms. The summed E-state index contributed by atoms with van der Waals surface area (Å²) in [5.74, 6) is 0. The predicted molar refractivity (Wildman–Crippen MR) is 79.7 cm³/mol. The van der Waals surface area contributed by atoms with Crippen molar-refractivity contribution in [2.24, 2.45) is 0 Å². The van der Waals surface area contributed by atoms with Gasteiger partial charge in [0.1, 0.15) is 5.54 Å². The van der Waals surface area contributed by atoms with Crippen molar-refractivity contribution in [1.82, 2.24) is 5.32 Å². The van der Waals surface area contributed by atoms with Gasteiger partial charge in [-0.15, -0.1) is 11.8 Å². The molecule has 1 N–H and O–H groups in total. The zero-order valence-corrected chi connectivity index (χ0v) is 12.9. The van der Waals surface area contributed by atoms with E-state index < -0.39 is 0 Å². The van der Waals surface area contributed by atoms with Gasteiger partial charge in [-0.1, -0.05) is 15.9 Å². The van der Waals surface area contributed by atoms with E-state index in [-0.39, 0.29) is 5.54 Å². The molecule has 96 valence electrons. The summed E-state index contributed by atoms with van der Waals surface area (Å²) in [6, 6.07) is 10.9. The number of nitrogens with zero attached hydrogens (tertiary/aromatic N) is 1. The van der Waals surface area contributed by atoms with Crippen LogP contribution in [-0.4, -0.2) is 17.8 Å². The summed E-state index contributed by atoms with van der Waals surface area (Å²) in [4.78, 5) is 1.29. The SMILES string of the molecule is CNC1(C#N)CCCC(Sc2ccc(Br)cc2)C1. The van der Waals surface area contributed by atoms with Gasteiger partial charge in [-0.2, -0.15) is 5.26 Å². The second kappa shape index (κ2) is 6.10. The second-order valence-corrected chi connectivity index (χ2v) is 7.02. The first-order chi connectivity index (χ1) is 8.67. The van der Waals surface area contributed by atoms with Crippen molar-refractivity contribution < 1.29 is 0 Å². The lowest BCUT2D eigenvalue weighted by atomic mass is 9.83. The molecule has 0 amide bonds. The summed E-state index contributed by atoms with van der Waals surface area (Å²) < 4.78 is 1.11. The number of benzene rings is 1. The van der Waals surface area contributed by atoms with Crippen molar-refractivity contribution in [2.75, 3.05) is 7.05 Å². The first-order valence-electron chi connectivity index (χ1n) is 6.20. The maximum Gasteiger partial charge on any atom is 0.107 e. The smallest absolute Gasteiger partial charge is 0.107 e. The number of halogens is 1. The first-order valence-corrected chi connectivity index (χ1v) is 7.87. The average Bonchev–Trinajstić information content (AvgIpc) is 2.41. The van der Waals surface area contributed by atoms with Gasteiger partial charge in [0, 0.05) is 14.6 Å². The molecule has 1 aromatic carbocycles. The molecular formula is C14H17BrN2S. The third kappa shape index (κ3) is 3.28. The Balaban J connectivity index is 2.02. The Morgan fingerprint density at radius 1 is 1.44 bits per heavy atom. The summed E-state index contributed by atoms with van der Waals surface area (Å²) in [5.41, 5.74) is -0.314. The normalized spacial score (nSPS) is 27.7. The van der Waals surface area contributed by atoms with Crippen molar-refractivity contribution in [3.8, 4) is 6.07 Å². The highest BCUT2D eigenvalue weighted by molar-refractivity contribution is 9.10. The largest absolute Gasteiger partial charge is 0.302 e. The molecule has 0 saturated heterocycles. The van der Waals surface area contributed by atoms with E-state index in [9.17, 15) is 5.26 Å². The molecule has 1 saturated carbocycles. The van der Waals surface area contributed by atoms with Crippen LogP contribution >= 0.6 is 27.7 Å². The average molecular weight is 325 g/mol. The van der Waals surface area contributed by atoms with E-state index in [2.05, 4.69) is 51.6 Å². The first kappa shape index (κ1) is 13.9. The molecule has 1 aliphatic carbocycles. The highest BCUT2D eigenvalue weighted by Gasteiger charge is 2.35. The third-order valence-corrected chi connectivity index (χ3v) is 5.32. The van der Waals surface area contributed by atoms with Crippen molar-refractivity contribution in [3.05, 3.63) is 28.7 Å². The van der Waals surface area contributed by atoms with Crippen LogP contribution < -0.4 is 5.32 Å². The molecular weight excluding hydrogens is 308 g/mol. The standard InChI is InChI=1S/C14H17BrN2S/c1-17-14(10-16)8-2-3-13(9-14)18-12-6-4-11(15)5-7-12/h4-7,13,17H,2-3,8-9H2,1H3. The molecule has 1 aromatic rings. The summed E-state index contributed by atoms with van der Waals surface area (Å²) in [6.45, 7) is 0. The molecule has 4 heteroatoms. The van der Waals surface area contributed by atoms with Gasteiger partial charge in [0.25, 0.3) is 0 Å². The molecule has 2 atom stereocenters. The Kier molecular flexibility index (Phi) is 4.71. The van der Waals surface area contributed by atoms with Crippen LogP contribution in [0.25, 0.3) is 0 Å². The quantitative estimate of drug-likeness (QED) is 0.913. The van der Waals surface area contributed by atoms with Crippen LogP contribution in [0, 0.1) is 11.3 Å². The lowest BCUT2D eigenvalue weighted by Gasteiger charge is -2.35. The van der Waals surface area contributed by atoms with Crippen LogP contribution in [0.3, 0.4) is 0 Å². The van der Waals surface area contributed by atoms with E-state index in [1.54, 1.807) is 0 Å². The minimum atomic E-state index is -0.314. The van der Waals surface area contributed by atoms with Gasteiger partial charge in [0.15, 0.2) is 0 Å². The number of thioether (sulfide) groups is 1. The molecule has 2 rings (SSSR count). The van der Waals surface area contributed by atoms with Crippen LogP contribution in [0.15, 0.2) is 33.6 Å². The Bertz CT molecular complexity index is 440. The monoisotopic (exact) mass is 324 g/mol. The fourth-order valence-electron chi connectivity index (χ4n) is 2.42. The number of hydrogen-bond donors (Lipinski definition) is 1. The van der Waals surface area contributed by atoms with E-state index in [4.69, 9.17) is 0 Å². The fraction of sp³-hybridized carbons (Fsp3) is 0.500. The Morgan fingerprint density at radius 2 is 2.17 bits per heavy atom. The zero-order valence-electron chi connectivity index (χ0n) is 10.4. The van der Waals surface area contributed by atoms with Gasteiger partial charge >= 0.3 is 0 Å². The van der Waals surface area contributed by atoms with Gasteiger partial charge in [-0.25, -0.2) is 0 Å². The van der Waals surface area contributed by atoms with Crippen LogP contribution in [-0.2, 0) is 0 Å². The molecule has 1 aliphatic rings. The zero-order chi connectivity index (χ0) is 13.0. The van der Waals surface area contributed by atoms with E-state index >= 15 is 0 Å². The predicted octanol–water partition coefficient (Wildman–Crippen LogP) is 3.97. The van der Waals surface area contributed by atoms with E-state index in [0.29, 0.717) is 5.25 Å². The van der Waals surface area contributed by atoms with E-state index in [1.807, 2.05) is 18.8 Å². The number of rotatable bonds is 3. The molecule has 0 heterocycles. The maximum atomic E-state index is 9.33. The molecule has 0 aromatic heterocycles. The number of nitriles is 1. The van der Waals surface area contributed by atoms with E-state index in [1.165, 1.54) is 11.3 Å². The van der Waals surface area contributed by atoms with Crippen molar-refractivity contribution in [3.63, 3.8) is 0 Å². The maximum absolute atomic E-state index is 9.33. The lowest BCUT2D eigenvalue weighted by molar-refractivity contribution is 0.323. The molecule has 0 radical (unpaired) electrons.